The van der Waals surface area contributed by atoms with Crippen LogP contribution in [0.5, 0.6) is 11.6 Å². The van der Waals surface area contributed by atoms with Gasteiger partial charge < -0.3 is 29.7 Å². The predicted molar refractivity (Wildman–Crippen MR) is 131 cm³/mol. The molecule has 2 amide bonds. The first-order valence-electron chi connectivity index (χ1n) is 11.5. The molecule has 11 heteroatoms. The van der Waals surface area contributed by atoms with Gasteiger partial charge in [0.25, 0.3) is 5.91 Å². The number of anilines is 2. The zero-order valence-corrected chi connectivity index (χ0v) is 20.2. The molecule has 2 atom stereocenters. The Balaban J connectivity index is 1.44. The van der Waals surface area contributed by atoms with Crippen molar-refractivity contribution in [2.45, 2.75) is 31.9 Å². The third kappa shape index (κ3) is 6.20. The molecule has 0 saturated carbocycles. The average molecular weight is 502 g/mol. The highest BCUT2D eigenvalue weighted by Crippen LogP contribution is 2.30. The minimum Gasteiger partial charge on any atom is -0.486 e. The van der Waals surface area contributed by atoms with Crippen LogP contribution >= 0.6 is 11.6 Å². The Morgan fingerprint density at radius 1 is 1.37 bits per heavy atom. The van der Waals surface area contributed by atoms with Gasteiger partial charge in [0.1, 0.15) is 16.9 Å². The molecule has 1 aromatic carbocycles. The summed E-state index contributed by atoms with van der Waals surface area (Å²) in [7, 11) is 0. The van der Waals surface area contributed by atoms with E-state index in [0.29, 0.717) is 66.8 Å². The highest BCUT2D eigenvalue weighted by Gasteiger charge is 2.29. The molecule has 0 spiro atoms. The van der Waals surface area contributed by atoms with E-state index < -0.39 is 0 Å². The largest absolute Gasteiger partial charge is 0.486 e. The Morgan fingerprint density at radius 3 is 2.97 bits per heavy atom. The molecule has 2 aliphatic rings. The van der Waals surface area contributed by atoms with Crippen LogP contribution in [-0.4, -0.2) is 71.7 Å². The van der Waals surface area contributed by atoms with E-state index in [1.807, 2.05) is 6.92 Å². The smallest absolute Gasteiger partial charge is 0.254 e. The monoisotopic (exact) mass is 501 g/mol. The highest BCUT2D eigenvalue weighted by molar-refractivity contribution is 6.31. The Labute approximate surface area is 208 Å². The Bertz CT molecular complexity index is 1090. The topological polar surface area (TPSA) is 115 Å². The second kappa shape index (κ2) is 11.4. The van der Waals surface area contributed by atoms with Gasteiger partial charge in [0.2, 0.25) is 17.7 Å². The summed E-state index contributed by atoms with van der Waals surface area (Å²) in [6.45, 7) is 7.91. The lowest BCUT2D eigenvalue weighted by atomic mass is 10.1. The molecule has 2 fully saturated rings. The molecule has 2 saturated heterocycles. The summed E-state index contributed by atoms with van der Waals surface area (Å²) in [5.41, 5.74) is 0.946. The number of amides is 2. The molecule has 0 radical (unpaired) electrons. The Hall–Kier alpha value is -3.37. The van der Waals surface area contributed by atoms with Crippen LogP contribution in [-0.2, 0) is 9.53 Å². The van der Waals surface area contributed by atoms with E-state index in [1.165, 1.54) is 12.3 Å². The number of nitrogens with zero attached hydrogens (tertiary/aromatic N) is 3. The van der Waals surface area contributed by atoms with Gasteiger partial charge in [-0.1, -0.05) is 18.2 Å². The third-order valence-electron chi connectivity index (χ3n) is 5.66. The molecule has 35 heavy (non-hydrogen) atoms. The van der Waals surface area contributed by atoms with Crippen LogP contribution in [0.4, 0.5) is 11.6 Å². The fraction of sp³-hybridized carbons (Fsp3) is 0.417. The van der Waals surface area contributed by atoms with Crippen molar-refractivity contribution in [2.75, 3.05) is 43.5 Å². The number of ether oxygens (including phenoxy) is 3. The maximum Gasteiger partial charge on any atom is 0.254 e. The van der Waals surface area contributed by atoms with Crippen LogP contribution in [0.3, 0.4) is 0 Å². The first kappa shape index (κ1) is 24.7. The van der Waals surface area contributed by atoms with Crippen LogP contribution in [0.1, 0.15) is 30.1 Å². The number of carbonyl (C=O) groups excluding carboxylic acids is 2. The lowest BCUT2D eigenvalue weighted by molar-refractivity contribution is -0.111. The molecule has 4 rings (SSSR count). The van der Waals surface area contributed by atoms with Gasteiger partial charge in [0.15, 0.2) is 0 Å². The van der Waals surface area contributed by atoms with Crippen molar-refractivity contribution >= 4 is 35.1 Å². The van der Waals surface area contributed by atoms with Crippen LogP contribution in [0.15, 0.2) is 37.1 Å². The van der Waals surface area contributed by atoms with Crippen LogP contribution < -0.4 is 20.1 Å². The van der Waals surface area contributed by atoms with Crippen molar-refractivity contribution in [3.8, 4) is 11.6 Å². The fourth-order valence-corrected chi connectivity index (χ4v) is 4.06. The highest BCUT2D eigenvalue weighted by atomic mass is 35.5. The number of carbonyl (C=O) groups is 2. The second-order valence-electron chi connectivity index (χ2n) is 8.17. The minimum atomic E-state index is -0.359. The number of hydrogen-bond acceptors (Lipinski definition) is 8. The van der Waals surface area contributed by atoms with E-state index in [0.717, 1.165) is 12.8 Å². The van der Waals surface area contributed by atoms with Gasteiger partial charge in [-0.05, 0) is 37.6 Å². The lowest BCUT2D eigenvalue weighted by Gasteiger charge is -2.20. The molecule has 2 unspecified atom stereocenters. The van der Waals surface area contributed by atoms with E-state index >= 15 is 0 Å². The molecular weight excluding hydrogens is 474 g/mol. The van der Waals surface area contributed by atoms with E-state index in [-0.39, 0.29) is 24.0 Å². The number of likely N-dealkylation sites (tertiary alicyclic amines) is 1. The molecule has 2 aromatic rings. The fourth-order valence-electron chi connectivity index (χ4n) is 3.91. The first-order valence-corrected chi connectivity index (χ1v) is 11.9. The van der Waals surface area contributed by atoms with Crippen molar-refractivity contribution in [3.63, 3.8) is 0 Å². The molecular formula is C24H28ClN5O5. The van der Waals surface area contributed by atoms with Gasteiger partial charge in [0, 0.05) is 31.1 Å². The SMILES string of the molecule is C=CC(=O)Nc1ccc(C(=O)N2CCC(Nc3ncc(Cl)c(OCC)n3)C2)cc1OC1CCOC1. The summed E-state index contributed by atoms with van der Waals surface area (Å²) in [5.74, 6) is 0.654. The first-order chi connectivity index (χ1) is 17.0. The number of rotatable bonds is 9. The molecule has 10 nitrogen and oxygen atoms in total. The van der Waals surface area contributed by atoms with E-state index in [2.05, 4.69) is 27.2 Å². The molecule has 0 aliphatic carbocycles. The summed E-state index contributed by atoms with van der Waals surface area (Å²) in [6, 6.07) is 4.99. The molecule has 2 N–H and O–H groups in total. The van der Waals surface area contributed by atoms with Gasteiger partial charge in [-0.25, -0.2) is 4.98 Å². The summed E-state index contributed by atoms with van der Waals surface area (Å²) < 4.78 is 16.9. The van der Waals surface area contributed by atoms with Crippen LogP contribution in [0.2, 0.25) is 5.02 Å². The zero-order chi connectivity index (χ0) is 24.8. The normalized spacial score (nSPS) is 19.3. The number of benzene rings is 1. The van der Waals surface area contributed by atoms with Gasteiger partial charge >= 0.3 is 0 Å². The summed E-state index contributed by atoms with van der Waals surface area (Å²) in [4.78, 5) is 35.4. The molecule has 2 aliphatic heterocycles. The van der Waals surface area contributed by atoms with E-state index in [1.54, 1.807) is 23.1 Å². The van der Waals surface area contributed by atoms with Gasteiger partial charge in [0.05, 0.1) is 31.7 Å². The molecule has 1 aromatic heterocycles. The predicted octanol–water partition coefficient (Wildman–Crippen LogP) is 3.15. The van der Waals surface area contributed by atoms with Gasteiger partial charge in [-0.2, -0.15) is 4.98 Å². The number of hydrogen-bond donors (Lipinski definition) is 2. The quantitative estimate of drug-likeness (QED) is 0.503. The number of aromatic nitrogens is 2. The maximum absolute atomic E-state index is 13.3. The molecule has 186 valence electrons. The van der Waals surface area contributed by atoms with E-state index in [9.17, 15) is 9.59 Å². The van der Waals surface area contributed by atoms with Gasteiger partial charge in [-0.3, -0.25) is 9.59 Å². The van der Waals surface area contributed by atoms with Crippen LogP contribution in [0, 0.1) is 0 Å². The Morgan fingerprint density at radius 2 is 2.23 bits per heavy atom. The molecule has 0 bridgehead atoms. The standard InChI is InChI=1S/C24H28ClN5O5/c1-3-21(31)28-19-6-5-15(11-20(19)35-17-8-10-33-14-17)23(32)30-9-7-16(13-30)27-24-26-12-18(25)22(29-24)34-4-2/h3,5-6,11-12,16-17H,1,4,7-10,13-14H2,2H3,(H,28,31)(H,26,27,29). The summed E-state index contributed by atoms with van der Waals surface area (Å²) in [6.07, 6.45) is 4.01. The lowest BCUT2D eigenvalue weighted by Crippen LogP contribution is -2.32. The second-order valence-corrected chi connectivity index (χ2v) is 8.58. The maximum atomic E-state index is 13.3. The number of halogens is 1. The van der Waals surface area contributed by atoms with Crippen molar-refractivity contribution in [1.82, 2.24) is 14.9 Å². The van der Waals surface area contributed by atoms with Crippen molar-refractivity contribution in [3.05, 3.63) is 47.6 Å². The average Bonchev–Trinajstić information content (AvgIpc) is 3.54. The van der Waals surface area contributed by atoms with Crippen molar-refractivity contribution in [1.29, 1.82) is 0 Å². The van der Waals surface area contributed by atoms with Crippen molar-refractivity contribution in [2.24, 2.45) is 0 Å². The van der Waals surface area contributed by atoms with Gasteiger partial charge in [-0.15, -0.1) is 0 Å². The van der Waals surface area contributed by atoms with Crippen LogP contribution in [0.25, 0.3) is 0 Å². The Kier molecular flexibility index (Phi) is 8.04. The molecule has 3 heterocycles. The zero-order valence-electron chi connectivity index (χ0n) is 19.5. The number of nitrogens with one attached hydrogen (secondary N) is 2. The summed E-state index contributed by atoms with van der Waals surface area (Å²) >= 11 is 6.06. The van der Waals surface area contributed by atoms with Crippen molar-refractivity contribution < 1.29 is 23.8 Å². The minimum absolute atomic E-state index is 0.0212. The third-order valence-corrected chi connectivity index (χ3v) is 5.91. The van der Waals surface area contributed by atoms with E-state index in [4.69, 9.17) is 25.8 Å². The summed E-state index contributed by atoms with van der Waals surface area (Å²) in [5, 5.41) is 6.32.